The highest BCUT2D eigenvalue weighted by molar-refractivity contribution is 5.88. The normalized spacial score (nSPS) is 14.9. The van der Waals surface area contributed by atoms with E-state index in [1.807, 2.05) is 31.2 Å². The minimum absolute atomic E-state index is 0.131. The zero-order valence-corrected chi connectivity index (χ0v) is 19.4. The Morgan fingerprint density at radius 3 is 2.27 bits per heavy atom. The molecular weight excluding hydrogens is 423 g/mol. The minimum atomic E-state index is -0.613. The van der Waals surface area contributed by atoms with Gasteiger partial charge in [-0.1, -0.05) is 38.3 Å². The third-order valence-corrected chi connectivity index (χ3v) is 6.03. The van der Waals surface area contributed by atoms with E-state index in [1.165, 1.54) is 30.7 Å². The van der Waals surface area contributed by atoms with Crippen LogP contribution in [-0.2, 0) is 16.1 Å². The van der Waals surface area contributed by atoms with Gasteiger partial charge in [-0.15, -0.1) is 0 Å². The van der Waals surface area contributed by atoms with Crippen molar-refractivity contribution in [2.75, 3.05) is 13.7 Å². The number of carbonyl (C=O) groups excluding carboxylic acids is 2. The van der Waals surface area contributed by atoms with Gasteiger partial charge in [0.15, 0.2) is 6.61 Å². The fourth-order valence-electron chi connectivity index (χ4n) is 4.15. The van der Waals surface area contributed by atoms with Crippen LogP contribution in [0.3, 0.4) is 0 Å². The van der Waals surface area contributed by atoms with Gasteiger partial charge in [0.2, 0.25) is 5.91 Å². The Balaban J connectivity index is 1.74. The summed E-state index contributed by atoms with van der Waals surface area (Å²) in [7, 11) is 1.60. The van der Waals surface area contributed by atoms with E-state index in [0.717, 1.165) is 37.0 Å². The summed E-state index contributed by atoms with van der Waals surface area (Å²) in [5, 5.41) is 3.15. The molecule has 2 amide bonds. The number of halogens is 1. The molecule has 7 heteroatoms. The molecule has 1 fully saturated rings. The largest absolute Gasteiger partial charge is 0.497 e. The molecule has 1 atom stereocenters. The van der Waals surface area contributed by atoms with Crippen LogP contribution in [0, 0.1) is 5.82 Å². The Morgan fingerprint density at radius 1 is 1.03 bits per heavy atom. The van der Waals surface area contributed by atoms with Crippen molar-refractivity contribution >= 4 is 11.8 Å². The molecule has 0 radical (unpaired) electrons. The first-order chi connectivity index (χ1) is 16.0. The second kappa shape index (κ2) is 12.2. The van der Waals surface area contributed by atoms with Crippen LogP contribution in [0.4, 0.5) is 4.39 Å². The van der Waals surface area contributed by atoms with Gasteiger partial charge >= 0.3 is 0 Å². The Labute approximate surface area is 195 Å². The first kappa shape index (κ1) is 24.6. The number of methoxy groups -OCH3 is 1. The smallest absolute Gasteiger partial charge is 0.261 e. The van der Waals surface area contributed by atoms with Crippen molar-refractivity contribution in [1.29, 1.82) is 0 Å². The number of nitrogens with one attached hydrogen (secondary N) is 1. The Kier molecular flexibility index (Phi) is 9.10. The van der Waals surface area contributed by atoms with Crippen molar-refractivity contribution in [1.82, 2.24) is 10.2 Å². The number of hydrogen-bond acceptors (Lipinski definition) is 4. The highest BCUT2D eigenvalue weighted by Gasteiger charge is 2.30. The third kappa shape index (κ3) is 7.20. The van der Waals surface area contributed by atoms with Crippen molar-refractivity contribution in [3.05, 3.63) is 59.9 Å². The van der Waals surface area contributed by atoms with Crippen molar-refractivity contribution in [3.63, 3.8) is 0 Å². The average molecular weight is 457 g/mol. The van der Waals surface area contributed by atoms with Gasteiger partial charge in [0, 0.05) is 12.6 Å². The standard InChI is InChI=1S/C26H33FN2O4/c1-3-24(26(31)28-21-7-5-4-6-8-21)29(17-19-9-13-22(32-2)14-10-19)25(30)18-33-23-15-11-20(27)12-16-23/h9-16,21,24H,3-8,17-18H2,1-2H3,(H,28,31)/t24-/m1/s1. The van der Waals surface area contributed by atoms with Gasteiger partial charge in [-0.3, -0.25) is 9.59 Å². The SMILES string of the molecule is CC[C@H](C(=O)NC1CCCCC1)N(Cc1ccc(OC)cc1)C(=O)COc1ccc(F)cc1. The fourth-order valence-corrected chi connectivity index (χ4v) is 4.15. The maximum atomic E-state index is 13.2. The highest BCUT2D eigenvalue weighted by Crippen LogP contribution is 2.20. The average Bonchev–Trinajstić information content (AvgIpc) is 2.84. The van der Waals surface area contributed by atoms with Gasteiger partial charge in [0.05, 0.1) is 7.11 Å². The topological polar surface area (TPSA) is 67.9 Å². The van der Waals surface area contributed by atoms with Crippen LogP contribution in [0.15, 0.2) is 48.5 Å². The van der Waals surface area contributed by atoms with Crippen LogP contribution >= 0.6 is 0 Å². The molecule has 0 saturated heterocycles. The van der Waals surface area contributed by atoms with E-state index in [2.05, 4.69) is 5.32 Å². The third-order valence-electron chi connectivity index (χ3n) is 6.03. The Hall–Kier alpha value is -3.09. The van der Waals surface area contributed by atoms with Crippen LogP contribution < -0.4 is 14.8 Å². The summed E-state index contributed by atoms with van der Waals surface area (Å²) >= 11 is 0. The first-order valence-corrected chi connectivity index (χ1v) is 11.6. The van der Waals surface area contributed by atoms with E-state index in [4.69, 9.17) is 9.47 Å². The van der Waals surface area contributed by atoms with Crippen LogP contribution in [0.25, 0.3) is 0 Å². The zero-order valence-electron chi connectivity index (χ0n) is 19.4. The number of benzene rings is 2. The molecule has 2 aromatic carbocycles. The number of amides is 2. The van der Waals surface area contributed by atoms with Crippen LogP contribution in [-0.4, -0.2) is 42.5 Å². The summed E-state index contributed by atoms with van der Waals surface area (Å²) in [5.41, 5.74) is 0.884. The molecule has 1 aliphatic rings. The second-order valence-electron chi connectivity index (χ2n) is 8.38. The summed E-state index contributed by atoms with van der Waals surface area (Å²) in [6.45, 7) is 1.93. The molecule has 178 valence electrons. The summed E-state index contributed by atoms with van der Waals surface area (Å²) in [6, 6.07) is 12.5. The predicted molar refractivity (Wildman–Crippen MR) is 125 cm³/mol. The van der Waals surface area contributed by atoms with E-state index in [9.17, 15) is 14.0 Å². The summed E-state index contributed by atoms with van der Waals surface area (Å²) in [4.78, 5) is 28.0. The highest BCUT2D eigenvalue weighted by atomic mass is 19.1. The molecule has 0 heterocycles. The van der Waals surface area contributed by atoms with Crippen molar-refractivity contribution < 1.29 is 23.5 Å². The second-order valence-corrected chi connectivity index (χ2v) is 8.38. The van der Waals surface area contributed by atoms with E-state index in [1.54, 1.807) is 12.0 Å². The zero-order chi connectivity index (χ0) is 23.6. The van der Waals surface area contributed by atoms with E-state index >= 15 is 0 Å². The molecule has 1 saturated carbocycles. The number of hydrogen-bond donors (Lipinski definition) is 1. The molecule has 33 heavy (non-hydrogen) atoms. The molecular formula is C26H33FN2O4. The molecule has 0 aromatic heterocycles. The first-order valence-electron chi connectivity index (χ1n) is 11.6. The summed E-state index contributed by atoms with van der Waals surface area (Å²) in [5.74, 6) is 0.307. The lowest BCUT2D eigenvalue weighted by molar-refractivity contribution is -0.143. The minimum Gasteiger partial charge on any atom is -0.497 e. The summed E-state index contributed by atoms with van der Waals surface area (Å²) < 4.78 is 24.0. The van der Waals surface area contributed by atoms with Crippen molar-refractivity contribution in [2.45, 2.75) is 64.1 Å². The lowest BCUT2D eigenvalue weighted by Crippen LogP contribution is -2.52. The summed E-state index contributed by atoms with van der Waals surface area (Å²) in [6.07, 6.45) is 5.86. The number of ether oxygens (including phenoxy) is 2. The Morgan fingerprint density at radius 2 is 1.67 bits per heavy atom. The fraction of sp³-hybridized carbons (Fsp3) is 0.462. The van der Waals surface area contributed by atoms with Gasteiger partial charge in [-0.2, -0.15) is 0 Å². The monoisotopic (exact) mass is 456 g/mol. The van der Waals surface area contributed by atoms with Gasteiger partial charge in [0.1, 0.15) is 23.4 Å². The Bertz CT molecular complexity index is 896. The molecule has 6 nitrogen and oxygen atoms in total. The molecule has 0 aliphatic heterocycles. The van der Waals surface area contributed by atoms with Crippen LogP contribution in [0.5, 0.6) is 11.5 Å². The van der Waals surface area contributed by atoms with E-state index in [0.29, 0.717) is 12.2 Å². The molecule has 1 aliphatic carbocycles. The van der Waals surface area contributed by atoms with Crippen molar-refractivity contribution in [2.24, 2.45) is 0 Å². The van der Waals surface area contributed by atoms with E-state index < -0.39 is 6.04 Å². The molecule has 0 unspecified atom stereocenters. The van der Waals surface area contributed by atoms with Crippen LogP contribution in [0.2, 0.25) is 0 Å². The maximum Gasteiger partial charge on any atom is 0.261 e. The molecule has 3 rings (SSSR count). The number of nitrogens with zero attached hydrogens (tertiary/aromatic N) is 1. The van der Waals surface area contributed by atoms with Gasteiger partial charge in [-0.05, 0) is 61.2 Å². The van der Waals surface area contributed by atoms with E-state index in [-0.39, 0.29) is 36.8 Å². The molecule has 2 aromatic rings. The lowest BCUT2D eigenvalue weighted by atomic mass is 9.95. The maximum absolute atomic E-state index is 13.2. The molecule has 0 bridgehead atoms. The molecule has 1 N–H and O–H groups in total. The van der Waals surface area contributed by atoms with Crippen molar-refractivity contribution in [3.8, 4) is 11.5 Å². The number of carbonyl (C=O) groups is 2. The lowest BCUT2D eigenvalue weighted by Gasteiger charge is -2.32. The molecule has 0 spiro atoms. The quantitative estimate of drug-likeness (QED) is 0.573. The van der Waals surface area contributed by atoms with Gasteiger partial charge < -0.3 is 19.7 Å². The van der Waals surface area contributed by atoms with Gasteiger partial charge in [-0.25, -0.2) is 4.39 Å². The number of rotatable bonds is 10. The van der Waals surface area contributed by atoms with Crippen LogP contribution in [0.1, 0.15) is 51.0 Å². The van der Waals surface area contributed by atoms with Gasteiger partial charge in [0.25, 0.3) is 5.91 Å². The predicted octanol–water partition coefficient (Wildman–Crippen LogP) is 4.47.